The topological polar surface area (TPSA) is 26.3 Å². The summed E-state index contributed by atoms with van der Waals surface area (Å²) in [5.74, 6) is -3.07. The van der Waals surface area contributed by atoms with Gasteiger partial charge in [-0.3, -0.25) is 4.79 Å². The average molecular weight is 359 g/mol. The number of rotatable bonds is 3. The van der Waals surface area contributed by atoms with E-state index in [9.17, 15) is 18.0 Å². The normalized spacial score (nSPS) is 10.6. The molecule has 0 aliphatic heterocycles. The molecular formula is C15H10BrF3O2. The molecule has 0 bridgehead atoms. The second-order valence-corrected chi connectivity index (χ2v) is 5.23. The molecule has 21 heavy (non-hydrogen) atoms. The lowest BCUT2D eigenvalue weighted by molar-refractivity contribution is 0.103. The predicted molar refractivity (Wildman–Crippen MR) is 75.2 cm³/mol. The van der Waals surface area contributed by atoms with Gasteiger partial charge in [0.15, 0.2) is 5.78 Å². The molecule has 2 nitrogen and oxygen atoms in total. The van der Waals surface area contributed by atoms with E-state index < -0.39 is 23.2 Å². The summed E-state index contributed by atoms with van der Waals surface area (Å²) in [4.78, 5) is 12.4. The Labute approximate surface area is 127 Å². The largest absolute Gasteiger partial charge is 0.496 e. The van der Waals surface area contributed by atoms with Gasteiger partial charge in [0.25, 0.3) is 0 Å². The third-order valence-corrected chi connectivity index (χ3v) is 3.59. The zero-order chi connectivity index (χ0) is 15.7. The maximum Gasteiger partial charge on any atom is 0.199 e. The van der Waals surface area contributed by atoms with Gasteiger partial charge in [-0.05, 0) is 40.5 Å². The van der Waals surface area contributed by atoms with Gasteiger partial charge in [-0.2, -0.15) is 0 Å². The van der Waals surface area contributed by atoms with Crippen molar-refractivity contribution in [3.8, 4) is 5.75 Å². The van der Waals surface area contributed by atoms with Crippen LogP contribution in [-0.2, 0) is 0 Å². The Kier molecular flexibility index (Phi) is 4.37. The van der Waals surface area contributed by atoms with Crippen molar-refractivity contribution in [3.05, 3.63) is 62.9 Å². The first kappa shape index (κ1) is 15.6. The Bertz CT molecular complexity index is 729. The third kappa shape index (κ3) is 2.95. The number of benzene rings is 2. The van der Waals surface area contributed by atoms with E-state index in [1.54, 1.807) is 0 Å². The molecule has 0 atom stereocenters. The Morgan fingerprint density at radius 1 is 1.00 bits per heavy atom. The summed E-state index contributed by atoms with van der Waals surface area (Å²) in [6.45, 7) is 1.42. The number of ether oxygens (including phenoxy) is 1. The van der Waals surface area contributed by atoms with Gasteiger partial charge in [-0.25, -0.2) is 13.2 Å². The van der Waals surface area contributed by atoms with Gasteiger partial charge in [-0.1, -0.05) is 0 Å². The van der Waals surface area contributed by atoms with Crippen LogP contribution >= 0.6 is 15.9 Å². The highest BCUT2D eigenvalue weighted by Crippen LogP contribution is 2.29. The van der Waals surface area contributed by atoms with Gasteiger partial charge in [0.2, 0.25) is 0 Å². The first-order valence-corrected chi connectivity index (χ1v) is 6.67. The lowest BCUT2D eigenvalue weighted by atomic mass is 10.00. The van der Waals surface area contributed by atoms with Crippen molar-refractivity contribution in [2.24, 2.45) is 0 Å². The highest BCUT2D eigenvalue weighted by Gasteiger charge is 2.21. The van der Waals surface area contributed by atoms with E-state index in [0.29, 0.717) is 6.07 Å². The van der Waals surface area contributed by atoms with Gasteiger partial charge in [0, 0.05) is 12.1 Å². The van der Waals surface area contributed by atoms with Crippen LogP contribution < -0.4 is 4.74 Å². The van der Waals surface area contributed by atoms with E-state index in [1.165, 1.54) is 20.1 Å². The van der Waals surface area contributed by atoms with E-state index in [0.717, 1.165) is 12.1 Å². The summed E-state index contributed by atoms with van der Waals surface area (Å²) in [5.41, 5.74) is -0.179. The average Bonchev–Trinajstić information content (AvgIpc) is 2.44. The lowest BCUT2D eigenvalue weighted by Crippen LogP contribution is -2.08. The summed E-state index contributed by atoms with van der Waals surface area (Å²) in [6, 6.07) is 3.98. The molecule has 6 heteroatoms. The van der Waals surface area contributed by atoms with Crippen LogP contribution in [0, 0.1) is 24.4 Å². The first-order chi connectivity index (χ1) is 9.85. The van der Waals surface area contributed by atoms with Crippen molar-refractivity contribution in [2.75, 3.05) is 7.11 Å². The van der Waals surface area contributed by atoms with Gasteiger partial charge >= 0.3 is 0 Å². The van der Waals surface area contributed by atoms with E-state index in [2.05, 4.69) is 15.9 Å². The Morgan fingerprint density at radius 2 is 1.67 bits per heavy atom. The quantitative estimate of drug-likeness (QED) is 0.759. The molecule has 0 unspecified atom stereocenters. The molecule has 0 spiro atoms. The molecule has 110 valence electrons. The van der Waals surface area contributed by atoms with Crippen LogP contribution in [0.5, 0.6) is 5.75 Å². The molecule has 0 saturated carbocycles. The van der Waals surface area contributed by atoms with Crippen molar-refractivity contribution in [1.82, 2.24) is 0 Å². The summed E-state index contributed by atoms with van der Waals surface area (Å²) >= 11 is 2.96. The smallest absolute Gasteiger partial charge is 0.199 e. The minimum absolute atomic E-state index is 0.0179. The maximum absolute atomic E-state index is 13.8. The third-order valence-electron chi connectivity index (χ3n) is 2.98. The van der Waals surface area contributed by atoms with Crippen molar-refractivity contribution >= 4 is 21.7 Å². The fraction of sp³-hybridized carbons (Fsp3) is 0.133. The number of halogens is 4. The van der Waals surface area contributed by atoms with Crippen LogP contribution in [0.4, 0.5) is 13.2 Å². The van der Waals surface area contributed by atoms with E-state index in [-0.39, 0.29) is 26.9 Å². The molecule has 0 aliphatic rings. The summed E-state index contributed by atoms with van der Waals surface area (Å²) < 4.78 is 45.5. The Hall–Kier alpha value is -1.82. The number of ketones is 1. The van der Waals surface area contributed by atoms with Crippen molar-refractivity contribution < 1.29 is 22.7 Å². The second-order valence-electron chi connectivity index (χ2n) is 4.38. The minimum Gasteiger partial charge on any atom is -0.496 e. The maximum atomic E-state index is 13.8. The van der Waals surface area contributed by atoms with Crippen molar-refractivity contribution in [1.29, 1.82) is 0 Å². The van der Waals surface area contributed by atoms with Gasteiger partial charge < -0.3 is 4.74 Å². The van der Waals surface area contributed by atoms with Crippen LogP contribution in [-0.4, -0.2) is 12.9 Å². The standard InChI is InChI=1S/C15H10BrF3O2/c1-7-3-8(12(18)5-11(7)17)15(20)9-4-10(16)13(19)6-14(9)21-2/h3-6H,1-2H3. The molecule has 0 fully saturated rings. The summed E-state index contributed by atoms with van der Waals surface area (Å²) in [5, 5.41) is 0. The molecular weight excluding hydrogens is 349 g/mol. The number of carbonyl (C=O) groups is 1. The molecule has 0 N–H and O–H groups in total. The molecule has 2 aromatic rings. The van der Waals surface area contributed by atoms with Crippen molar-refractivity contribution in [2.45, 2.75) is 6.92 Å². The molecule has 2 rings (SSSR count). The molecule has 0 amide bonds. The number of hydrogen-bond acceptors (Lipinski definition) is 2. The molecule has 2 aromatic carbocycles. The van der Waals surface area contributed by atoms with Crippen LogP contribution in [0.3, 0.4) is 0 Å². The van der Waals surface area contributed by atoms with E-state index >= 15 is 0 Å². The van der Waals surface area contributed by atoms with Crippen LogP contribution in [0.25, 0.3) is 0 Å². The number of hydrogen-bond donors (Lipinski definition) is 0. The number of carbonyl (C=O) groups excluding carboxylic acids is 1. The van der Waals surface area contributed by atoms with Crippen LogP contribution in [0.2, 0.25) is 0 Å². The molecule has 0 radical (unpaired) electrons. The zero-order valence-corrected chi connectivity index (χ0v) is 12.7. The molecule has 0 aliphatic carbocycles. The highest BCUT2D eigenvalue weighted by atomic mass is 79.9. The highest BCUT2D eigenvalue weighted by molar-refractivity contribution is 9.10. The van der Waals surface area contributed by atoms with Crippen LogP contribution in [0.1, 0.15) is 21.5 Å². The zero-order valence-electron chi connectivity index (χ0n) is 11.1. The van der Waals surface area contributed by atoms with Gasteiger partial charge in [0.05, 0.1) is 22.7 Å². The predicted octanol–water partition coefficient (Wildman–Crippen LogP) is 4.41. The van der Waals surface area contributed by atoms with E-state index in [4.69, 9.17) is 4.74 Å². The summed E-state index contributed by atoms with van der Waals surface area (Å²) in [7, 11) is 1.27. The molecule has 0 heterocycles. The SMILES string of the molecule is COc1cc(F)c(Br)cc1C(=O)c1cc(C)c(F)cc1F. The number of methoxy groups -OCH3 is 1. The number of aryl methyl sites for hydroxylation is 1. The fourth-order valence-electron chi connectivity index (χ4n) is 1.85. The summed E-state index contributed by atoms with van der Waals surface area (Å²) in [6.07, 6.45) is 0. The van der Waals surface area contributed by atoms with Gasteiger partial charge in [-0.15, -0.1) is 0 Å². The second kappa shape index (κ2) is 5.89. The Morgan fingerprint density at radius 3 is 2.29 bits per heavy atom. The van der Waals surface area contributed by atoms with E-state index in [1.807, 2.05) is 0 Å². The van der Waals surface area contributed by atoms with Crippen LogP contribution in [0.15, 0.2) is 28.7 Å². The Balaban J connectivity index is 2.60. The first-order valence-electron chi connectivity index (χ1n) is 5.88. The lowest BCUT2D eigenvalue weighted by Gasteiger charge is -2.10. The fourth-order valence-corrected chi connectivity index (χ4v) is 2.19. The minimum atomic E-state index is -0.981. The molecule has 0 saturated heterocycles. The molecule has 0 aromatic heterocycles. The monoisotopic (exact) mass is 358 g/mol. The van der Waals surface area contributed by atoms with Crippen molar-refractivity contribution in [3.63, 3.8) is 0 Å². The van der Waals surface area contributed by atoms with Gasteiger partial charge in [0.1, 0.15) is 23.2 Å².